The molecule has 0 aliphatic heterocycles. The Balaban J connectivity index is 1.59. The summed E-state index contributed by atoms with van der Waals surface area (Å²) in [5, 5.41) is 12.9. The topological polar surface area (TPSA) is 74.6 Å². The van der Waals surface area contributed by atoms with Crippen molar-refractivity contribution in [1.82, 2.24) is 10.2 Å². The predicted molar refractivity (Wildman–Crippen MR) is 130 cm³/mol. The van der Waals surface area contributed by atoms with Gasteiger partial charge >= 0.3 is 6.09 Å². The van der Waals surface area contributed by atoms with Crippen LogP contribution in [0.15, 0.2) is 42.5 Å². The fourth-order valence-electron chi connectivity index (χ4n) is 4.27. The lowest BCUT2D eigenvalue weighted by Gasteiger charge is -2.36. The molecule has 1 saturated carbocycles. The van der Waals surface area contributed by atoms with Crippen LogP contribution in [-0.2, 0) is 11.3 Å². The summed E-state index contributed by atoms with van der Waals surface area (Å²) < 4.78 is 11.1. The van der Waals surface area contributed by atoms with E-state index in [0.717, 1.165) is 48.1 Å². The average Bonchev–Trinajstić information content (AvgIpc) is 2.81. The first kappa shape index (κ1) is 24.6. The van der Waals surface area contributed by atoms with Gasteiger partial charge in [-0.2, -0.15) is 5.26 Å². The summed E-state index contributed by atoms with van der Waals surface area (Å²) in [6.45, 7) is 6.38. The third-order valence-corrected chi connectivity index (χ3v) is 6.11. The maximum atomic E-state index is 12.4. The zero-order chi connectivity index (χ0) is 24.0. The molecule has 1 aliphatic carbocycles. The van der Waals surface area contributed by atoms with Crippen molar-refractivity contribution in [2.75, 3.05) is 14.2 Å². The van der Waals surface area contributed by atoms with Crippen molar-refractivity contribution in [1.29, 1.82) is 5.26 Å². The first-order chi connectivity index (χ1) is 15.7. The summed E-state index contributed by atoms with van der Waals surface area (Å²) in [5.74, 6) is 0.848. The molecule has 1 N–H and O–H groups in total. The van der Waals surface area contributed by atoms with Crippen LogP contribution in [0.5, 0.6) is 5.75 Å². The Hall–Kier alpha value is -3.04. The Morgan fingerprint density at radius 2 is 1.82 bits per heavy atom. The van der Waals surface area contributed by atoms with E-state index in [1.165, 1.54) is 0 Å². The number of amides is 1. The fourth-order valence-corrected chi connectivity index (χ4v) is 4.27. The number of rotatable bonds is 6. The highest BCUT2D eigenvalue weighted by atomic mass is 16.6. The number of nitrogens with one attached hydrogen (secondary N) is 1. The van der Waals surface area contributed by atoms with Crippen LogP contribution in [0.3, 0.4) is 0 Å². The van der Waals surface area contributed by atoms with Crippen LogP contribution < -0.4 is 10.1 Å². The average molecular weight is 450 g/mol. The lowest BCUT2D eigenvalue weighted by atomic mass is 9.90. The van der Waals surface area contributed by atoms with Gasteiger partial charge in [-0.1, -0.05) is 18.2 Å². The summed E-state index contributed by atoms with van der Waals surface area (Å²) in [7, 11) is 3.52. The van der Waals surface area contributed by atoms with E-state index in [-0.39, 0.29) is 12.1 Å². The summed E-state index contributed by atoms with van der Waals surface area (Å²) in [4.78, 5) is 14.1. The van der Waals surface area contributed by atoms with Crippen molar-refractivity contribution in [2.45, 2.75) is 70.7 Å². The SMILES string of the molecule is COc1ccc(-c2cccc(C#N)c2)cc1CNC1CCC(N(C)C(=O)OC(C)(C)C)CC1. The fraction of sp³-hybridized carbons (Fsp3) is 0.481. The van der Waals surface area contributed by atoms with Crippen molar-refractivity contribution in [3.63, 3.8) is 0 Å². The van der Waals surface area contributed by atoms with Gasteiger partial charge in [-0.3, -0.25) is 0 Å². The summed E-state index contributed by atoms with van der Waals surface area (Å²) in [6, 6.07) is 16.6. The number of hydrogen-bond donors (Lipinski definition) is 1. The molecule has 0 aromatic heterocycles. The lowest BCUT2D eigenvalue weighted by Crippen LogP contribution is -2.44. The number of hydrogen-bond acceptors (Lipinski definition) is 5. The predicted octanol–water partition coefficient (Wildman–Crippen LogP) is 5.50. The molecular formula is C27H35N3O3. The second kappa shape index (κ2) is 10.7. The minimum absolute atomic E-state index is 0.211. The first-order valence-corrected chi connectivity index (χ1v) is 11.6. The Labute approximate surface area is 197 Å². The van der Waals surface area contributed by atoms with Crippen LogP contribution in [0, 0.1) is 11.3 Å². The molecule has 0 radical (unpaired) electrons. The smallest absolute Gasteiger partial charge is 0.410 e. The number of ether oxygens (including phenoxy) is 2. The van der Waals surface area contributed by atoms with E-state index in [1.807, 2.05) is 64.2 Å². The summed E-state index contributed by atoms with van der Waals surface area (Å²) in [6.07, 6.45) is 3.66. The van der Waals surface area contributed by atoms with E-state index >= 15 is 0 Å². The first-order valence-electron chi connectivity index (χ1n) is 11.6. The third kappa shape index (κ3) is 6.72. The molecule has 0 spiro atoms. The maximum absolute atomic E-state index is 12.4. The quantitative estimate of drug-likeness (QED) is 0.630. The highest BCUT2D eigenvalue weighted by molar-refractivity contribution is 5.68. The van der Waals surface area contributed by atoms with Gasteiger partial charge in [0.05, 0.1) is 18.7 Å². The molecule has 6 nitrogen and oxygen atoms in total. The van der Waals surface area contributed by atoms with Crippen molar-refractivity contribution >= 4 is 6.09 Å². The molecule has 0 saturated heterocycles. The van der Waals surface area contributed by atoms with Crippen molar-refractivity contribution in [3.05, 3.63) is 53.6 Å². The summed E-state index contributed by atoms with van der Waals surface area (Å²) >= 11 is 0. The van der Waals surface area contributed by atoms with E-state index in [0.29, 0.717) is 18.2 Å². The Bertz CT molecular complexity index is 998. The van der Waals surface area contributed by atoms with Gasteiger partial charge in [-0.25, -0.2) is 4.79 Å². The molecule has 33 heavy (non-hydrogen) atoms. The summed E-state index contributed by atoms with van der Waals surface area (Å²) in [5.41, 5.74) is 3.34. The second-order valence-corrected chi connectivity index (χ2v) is 9.70. The van der Waals surface area contributed by atoms with Crippen LogP contribution >= 0.6 is 0 Å². The molecule has 2 aromatic carbocycles. The van der Waals surface area contributed by atoms with Crippen LogP contribution in [0.2, 0.25) is 0 Å². The molecule has 2 aromatic rings. The van der Waals surface area contributed by atoms with Crippen LogP contribution in [-0.4, -0.2) is 42.8 Å². The van der Waals surface area contributed by atoms with Gasteiger partial charge in [0.25, 0.3) is 0 Å². The number of methoxy groups -OCH3 is 1. The van der Waals surface area contributed by atoms with Gasteiger partial charge in [0.1, 0.15) is 11.4 Å². The lowest BCUT2D eigenvalue weighted by molar-refractivity contribution is 0.0179. The number of nitriles is 1. The Morgan fingerprint density at radius 1 is 1.12 bits per heavy atom. The second-order valence-electron chi connectivity index (χ2n) is 9.70. The Morgan fingerprint density at radius 3 is 2.45 bits per heavy atom. The van der Waals surface area contributed by atoms with E-state index in [4.69, 9.17) is 9.47 Å². The van der Waals surface area contributed by atoms with Crippen LogP contribution in [0.25, 0.3) is 11.1 Å². The molecular weight excluding hydrogens is 414 g/mol. The highest BCUT2D eigenvalue weighted by Crippen LogP contribution is 2.29. The van der Waals surface area contributed by atoms with Crippen LogP contribution in [0.4, 0.5) is 4.79 Å². The zero-order valence-electron chi connectivity index (χ0n) is 20.4. The number of carbonyl (C=O) groups excluding carboxylic acids is 1. The molecule has 0 heterocycles. The van der Waals surface area contributed by atoms with Gasteiger partial charge in [0.15, 0.2) is 0 Å². The number of carbonyl (C=O) groups is 1. The molecule has 3 rings (SSSR count). The molecule has 1 aliphatic rings. The largest absolute Gasteiger partial charge is 0.496 e. The number of benzene rings is 2. The van der Waals surface area contributed by atoms with E-state index in [9.17, 15) is 10.1 Å². The minimum atomic E-state index is -0.479. The molecule has 176 valence electrons. The minimum Gasteiger partial charge on any atom is -0.496 e. The van der Waals surface area contributed by atoms with Gasteiger partial charge < -0.3 is 19.7 Å². The van der Waals surface area contributed by atoms with E-state index in [1.54, 1.807) is 12.0 Å². The standard InChI is InChI=1S/C27H35N3O3/c1-27(2,3)33-26(31)30(4)24-12-10-23(11-13-24)29-18-22-16-21(9-14-25(22)32-5)20-8-6-7-19(15-20)17-28/h6-9,14-16,23-24,29H,10-13,18H2,1-5H3. The third-order valence-electron chi connectivity index (χ3n) is 6.11. The van der Waals surface area contributed by atoms with Crippen molar-refractivity contribution in [2.24, 2.45) is 0 Å². The molecule has 0 bridgehead atoms. The Kier molecular flexibility index (Phi) is 7.99. The van der Waals surface area contributed by atoms with Crippen molar-refractivity contribution in [3.8, 4) is 22.9 Å². The normalized spacial score (nSPS) is 18.3. The molecule has 0 unspecified atom stereocenters. The highest BCUT2D eigenvalue weighted by Gasteiger charge is 2.29. The molecule has 6 heteroatoms. The molecule has 0 atom stereocenters. The maximum Gasteiger partial charge on any atom is 0.410 e. The number of nitrogens with zero attached hydrogens (tertiary/aromatic N) is 2. The molecule has 1 fully saturated rings. The van der Waals surface area contributed by atoms with Gasteiger partial charge in [-0.15, -0.1) is 0 Å². The van der Waals surface area contributed by atoms with Crippen LogP contribution in [0.1, 0.15) is 57.6 Å². The van der Waals surface area contributed by atoms with Crippen molar-refractivity contribution < 1.29 is 14.3 Å². The van der Waals surface area contributed by atoms with E-state index < -0.39 is 5.60 Å². The monoisotopic (exact) mass is 449 g/mol. The molecule has 1 amide bonds. The van der Waals surface area contributed by atoms with Gasteiger partial charge in [0, 0.05) is 31.2 Å². The zero-order valence-corrected chi connectivity index (χ0v) is 20.4. The van der Waals surface area contributed by atoms with E-state index in [2.05, 4.69) is 17.5 Å². The van der Waals surface area contributed by atoms with Gasteiger partial charge in [-0.05, 0) is 81.8 Å². The van der Waals surface area contributed by atoms with Gasteiger partial charge in [0.2, 0.25) is 0 Å².